The summed E-state index contributed by atoms with van der Waals surface area (Å²) < 4.78 is 40.0. The predicted molar refractivity (Wildman–Crippen MR) is 83.0 cm³/mol. The van der Waals surface area contributed by atoms with Gasteiger partial charge in [0.25, 0.3) is 15.7 Å². The summed E-state index contributed by atoms with van der Waals surface area (Å²) in [5, 5.41) is 11.0. The first kappa shape index (κ1) is 15.8. The van der Waals surface area contributed by atoms with Crippen molar-refractivity contribution in [1.29, 1.82) is 0 Å². The standard InChI is InChI=1S/C15H9FN2O5S/c16-11-4-1-2-7-14(11)24(22,23)17-8-10(9-19)15-12(17)5-3-6-13(15)18(20)21/h1-9H. The maximum absolute atomic E-state index is 13.9. The van der Waals surface area contributed by atoms with Crippen LogP contribution in [-0.4, -0.2) is 23.6 Å². The highest BCUT2D eigenvalue weighted by atomic mass is 32.2. The minimum atomic E-state index is -4.37. The van der Waals surface area contributed by atoms with E-state index in [4.69, 9.17) is 0 Å². The molecule has 3 rings (SSSR count). The fourth-order valence-electron chi connectivity index (χ4n) is 2.47. The number of halogens is 1. The molecule has 0 N–H and O–H groups in total. The highest BCUT2D eigenvalue weighted by Gasteiger charge is 2.27. The SMILES string of the molecule is O=Cc1cn(S(=O)(=O)c2ccccc2F)c2cccc([N+](=O)[O-])c12. The molecule has 0 amide bonds. The van der Waals surface area contributed by atoms with Gasteiger partial charge in [0.15, 0.2) is 6.29 Å². The molecule has 3 aromatic rings. The Bertz CT molecular complexity index is 1090. The van der Waals surface area contributed by atoms with E-state index in [0.29, 0.717) is 10.3 Å². The van der Waals surface area contributed by atoms with Crippen molar-refractivity contribution in [2.24, 2.45) is 0 Å². The highest BCUT2D eigenvalue weighted by molar-refractivity contribution is 7.90. The van der Waals surface area contributed by atoms with Crippen molar-refractivity contribution in [3.8, 4) is 0 Å². The molecular weight excluding hydrogens is 339 g/mol. The summed E-state index contributed by atoms with van der Waals surface area (Å²) in [6.45, 7) is 0. The molecule has 0 saturated heterocycles. The third-order valence-corrected chi connectivity index (χ3v) is 5.21. The lowest BCUT2D eigenvalue weighted by Crippen LogP contribution is -2.13. The molecule has 24 heavy (non-hydrogen) atoms. The monoisotopic (exact) mass is 348 g/mol. The average molecular weight is 348 g/mol. The van der Waals surface area contributed by atoms with Crippen LogP contribution < -0.4 is 0 Å². The first-order valence-electron chi connectivity index (χ1n) is 6.61. The zero-order valence-electron chi connectivity index (χ0n) is 11.9. The number of nitro groups is 1. The summed E-state index contributed by atoms with van der Waals surface area (Å²) in [5.41, 5.74) is -0.649. The summed E-state index contributed by atoms with van der Waals surface area (Å²) in [7, 11) is -4.37. The summed E-state index contributed by atoms with van der Waals surface area (Å²) in [4.78, 5) is 21.1. The fourth-order valence-corrected chi connectivity index (χ4v) is 3.91. The van der Waals surface area contributed by atoms with Crippen LogP contribution in [-0.2, 0) is 10.0 Å². The molecule has 0 atom stereocenters. The maximum Gasteiger partial charge on any atom is 0.279 e. The second kappa shape index (κ2) is 5.53. The normalized spacial score (nSPS) is 11.5. The van der Waals surface area contributed by atoms with E-state index in [1.165, 1.54) is 24.3 Å². The number of non-ortho nitro benzene ring substituents is 1. The maximum atomic E-state index is 13.9. The number of nitro benzene ring substituents is 1. The van der Waals surface area contributed by atoms with Gasteiger partial charge in [0.2, 0.25) is 0 Å². The minimum Gasteiger partial charge on any atom is -0.298 e. The first-order chi connectivity index (χ1) is 11.4. The molecule has 0 unspecified atom stereocenters. The second-order valence-electron chi connectivity index (χ2n) is 4.86. The zero-order valence-corrected chi connectivity index (χ0v) is 12.7. The van der Waals surface area contributed by atoms with Gasteiger partial charge in [-0.25, -0.2) is 16.8 Å². The van der Waals surface area contributed by atoms with E-state index < -0.39 is 31.3 Å². The number of carbonyl (C=O) groups excluding carboxylic acids is 1. The van der Waals surface area contributed by atoms with Crippen LogP contribution in [0, 0.1) is 15.9 Å². The van der Waals surface area contributed by atoms with Crippen LogP contribution in [0.4, 0.5) is 10.1 Å². The van der Waals surface area contributed by atoms with Gasteiger partial charge in [-0.15, -0.1) is 0 Å². The molecule has 0 bridgehead atoms. The van der Waals surface area contributed by atoms with Crippen LogP contribution in [0.25, 0.3) is 10.9 Å². The second-order valence-corrected chi connectivity index (χ2v) is 6.65. The van der Waals surface area contributed by atoms with Crippen molar-refractivity contribution >= 4 is 32.9 Å². The van der Waals surface area contributed by atoms with Crippen molar-refractivity contribution in [3.63, 3.8) is 0 Å². The van der Waals surface area contributed by atoms with Crippen molar-refractivity contribution in [2.45, 2.75) is 4.90 Å². The molecule has 1 aromatic heterocycles. The summed E-state index contributed by atoms with van der Waals surface area (Å²) in [6, 6.07) is 8.52. The Labute approximate surface area is 135 Å². The molecule has 1 heterocycles. The molecule has 0 aliphatic rings. The number of rotatable bonds is 4. The summed E-state index contributed by atoms with van der Waals surface area (Å²) in [6.07, 6.45) is 1.27. The Morgan fingerprint density at radius 3 is 2.46 bits per heavy atom. The number of aldehydes is 1. The number of fused-ring (bicyclic) bond motifs is 1. The van der Waals surface area contributed by atoms with Crippen LogP contribution in [0.3, 0.4) is 0 Å². The third-order valence-electron chi connectivity index (χ3n) is 3.50. The first-order valence-corrected chi connectivity index (χ1v) is 8.05. The van der Waals surface area contributed by atoms with Crippen molar-refractivity contribution in [3.05, 3.63) is 70.2 Å². The third kappa shape index (κ3) is 2.26. The van der Waals surface area contributed by atoms with Gasteiger partial charge in [0, 0.05) is 17.8 Å². The van der Waals surface area contributed by atoms with Crippen LogP contribution >= 0.6 is 0 Å². The Hall–Kier alpha value is -3.07. The van der Waals surface area contributed by atoms with Crippen LogP contribution in [0.5, 0.6) is 0 Å². The molecule has 0 spiro atoms. The van der Waals surface area contributed by atoms with Gasteiger partial charge in [0.1, 0.15) is 10.7 Å². The lowest BCUT2D eigenvalue weighted by Gasteiger charge is -2.08. The Kier molecular flexibility index (Phi) is 3.64. The van der Waals surface area contributed by atoms with Gasteiger partial charge in [-0.2, -0.15) is 0 Å². The number of hydrogen-bond acceptors (Lipinski definition) is 5. The number of carbonyl (C=O) groups is 1. The van der Waals surface area contributed by atoms with E-state index in [1.807, 2.05) is 0 Å². The molecule has 0 saturated carbocycles. The lowest BCUT2D eigenvalue weighted by atomic mass is 10.1. The Morgan fingerprint density at radius 1 is 1.12 bits per heavy atom. The fraction of sp³-hybridized carbons (Fsp3) is 0. The average Bonchev–Trinajstić information content (AvgIpc) is 2.94. The molecule has 0 fully saturated rings. The van der Waals surface area contributed by atoms with Crippen molar-refractivity contribution in [2.75, 3.05) is 0 Å². The molecule has 2 aromatic carbocycles. The van der Waals surface area contributed by atoms with Gasteiger partial charge < -0.3 is 0 Å². The number of benzene rings is 2. The van der Waals surface area contributed by atoms with E-state index in [-0.39, 0.29) is 16.5 Å². The summed E-state index contributed by atoms with van der Waals surface area (Å²) in [5.74, 6) is -0.961. The van der Waals surface area contributed by atoms with Crippen LogP contribution in [0.2, 0.25) is 0 Å². The lowest BCUT2D eigenvalue weighted by molar-refractivity contribution is -0.383. The van der Waals surface area contributed by atoms with E-state index in [9.17, 15) is 27.7 Å². The number of nitrogens with zero attached hydrogens (tertiary/aromatic N) is 2. The van der Waals surface area contributed by atoms with Gasteiger partial charge in [-0.3, -0.25) is 14.9 Å². The number of hydrogen-bond donors (Lipinski definition) is 0. The van der Waals surface area contributed by atoms with Gasteiger partial charge in [0.05, 0.1) is 15.8 Å². The molecular formula is C15H9FN2O5S. The number of aromatic nitrogens is 1. The highest BCUT2D eigenvalue weighted by Crippen LogP contribution is 2.32. The summed E-state index contributed by atoms with van der Waals surface area (Å²) >= 11 is 0. The van der Waals surface area contributed by atoms with Crippen molar-refractivity contribution < 1.29 is 22.5 Å². The molecule has 0 aliphatic heterocycles. The Morgan fingerprint density at radius 2 is 1.83 bits per heavy atom. The van der Waals surface area contributed by atoms with E-state index in [1.54, 1.807) is 0 Å². The van der Waals surface area contributed by atoms with E-state index in [2.05, 4.69) is 0 Å². The van der Waals surface area contributed by atoms with Gasteiger partial charge in [-0.1, -0.05) is 18.2 Å². The minimum absolute atomic E-state index is 0.0745. The van der Waals surface area contributed by atoms with Crippen molar-refractivity contribution in [1.82, 2.24) is 3.97 Å². The zero-order chi connectivity index (χ0) is 17.5. The molecule has 7 nitrogen and oxygen atoms in total. The Balaban J connectivity index is 2.40. The van der Waals surface area contributed by atoms with Crippen LogP contribution in [0.1, 0.15) is 10.4 Å². The van der Waals surface area contributed by atoms with E-state index in [0.717, 1.165) is 24.4 Å². The molecule has 122 valence electrons. The largest absolute Gasteiger partial charge is 0.298 e. The van der Waals surface area contributed by atoms with E-state index >= 15 is 0 Å². The topological polar surface area (TPSA) is 99.3 Å². The molecule has 0 radical (unpaired) electrons. The quantitative estimate of drug-likeness (QED) is 0.410. The molecule has 9 heteroatoms. The molecule has 0 aliphatic carbocycles. The smallest absolute Gasteiger partial charge is 0.279 e. The van der Waals surface area contributed by atoms with Gasteiger partial charge >= 0.3 is 0 Å². The van der Waals surface area contributed by atoms with Gasteiger partial charge in [-0.05, 0) is 18.2 Å². The predicted octanol–water partition coefficient (Wildman–Crippen LogP) is 2.74. The van der Waals surface area contributed by atoms with Crippen LogP contribution in [0.15, 0.2) is 53.6 Å².